The molecule has 0 aliphatic carbocycles. The number of methoxy groups -OCH3 is 1. The van der Waals surface area contributed by atoms with Crippen molar-refractivity contribution >= 4 is 5.91 Å². The van der Waals surface area contributed by atoms with Gasteiger partial charge in [-0.2, -0.15) is 0 Å². The number of ether oxygens (including phenoxy) is 2. The Labute approximate surface area is 135 Å². The van der Waals surface area contributed by atoms with E-state index in [2.05, 4.69) is 18.7 Å². The molecule has 0 bridgehead atoms. The lowest BCUT2D eigenvalue weighted by Gasteiger charge is -2.39. The van der Waals surface area contributed by atoms with Crippen molar-refractivity contribution in [1.82, 2.24) is 4.90 Å². The van der Waals surface area contributed by atoms with Gasteiger partial charge in [0.15, 0.2) is 0 Å². The highest BCUT2D eigenvalue weighted by Crippen LogP contribution is 2.37. The fourth-order valence-electron chi connectivity index (χ4n) is 3.94. The van der Waals surface area contributed by atoms with Crippen LogP contribution in [0, 0.1) is 17.3 Å². The van der Waals surface area contributed by atoms with Gasteiger partial charge in [-0.25, -0.2) is 0 Å². The van der Waals surface area contributed by atoms with Crippen molar-refractivity contribution in [3.05, 3.63) is 0 Å². The summed E-state index contributed by atoms with van der Waals surface area (Å²) in [5.41, 5.74) is -0.264. The van der Waals surface area contributed by atoms with Gasteiger partial charge in [-0.3, -0.25) is 4.79 Å². The van der Waals surface area contributed by atoms with E-state index < -0.39 is 0 Å². The van der Waals surface area contributed by atoms with Crippen molar-refractivity contribution < 1.29 is 14.3 Å². The molecule has 2 heterocycles. The Kier molecular flexibility index (Phi) is 6.69. The second-order valence-electron chi connectivity index (χ2n) is 7.50. The molecule has 4 heteroatoms. The summed E-state index contributed by atoms with van der Waals surface area (Å²) in [5.74, 6) is 1.40. The normalized spacial score (nSPS) is 25.0. The Balaban J connectivity index is 1.98. The monoisotopic (exact) mass is 311 g/mol. The summed E-state index contributed by atoms with van der Waals surface area (Å²) in [6.07, 6.45) is 6.69. The topological polar surface area (TPSA) is 38.8 Å². The van der Waals surface area contributed by atoms with Gasteiger partial charge in [0, 0.05) is 45.4 Å². The first kappa shape index (κ1) is 17.7. The van der Waals surface area contributed by atoms with Crippen molar-refractivity contribution in [3.8, 4) is 0 Å². The maximum absolute atomic E-state index is 13.1. The van der Waals surface area contributed by atoms with Crippen LogP contribution in [0.25, 0.3) is 0 Å². The second-order valence-corrected chi connectivity index (χ2v) is 7.50. The van der Waals surface area contributed by atoms with Crippen molar-refractivity contribution in [3.63, 3.8) is 0 Å². The van der Waals surface area contributed by atoms with Crippen LogP contribution in [0.3, 0.4) is 0 Å². The highest BCUT2D eigenvalue weighted by molar-refractivity contribution is 5.82. The molecule has 22 heavy (non-hydrogen) atoms. The lowest BCUT2D eigenvalue weighted by Crippen LogP contribution is -2.47. The molecule has 0 aromatic heterocycles. The van der Waals surface area contributed by atoms with Crippen molar-refractivity contribution in [2.45, 2.75) is 52.4 Å². The fourth-order valence-corrected chi connectivity index (χ4v) is 3.94. The third kappa shape index (κ3) is 4.45. The standard InChI is InChI=1S/C18H33NO3/c1-18(2,16-8-12-22-13-9-16)17(20)19-10-5-4-6-15(14-19)7-11-21-3/h15-16H,4-14H2,1-3H3/t15-/m1/s1. The van der Waals surface area contributed by atoms with Crippen LogP contribution in [0.15, 0.2) is 0 Å². The molecular formula is C18H33NO3. The molecule has 2 aliphatic heterocycles. The number of carbonyl (C=O) groups is 1. The number of hydrogen-bond donors (Lipinski definition) is 0. The van der Waals surface area contributed by atoms with E-state index in [9.17, 15) is 4.79 Å². The molecule has 2 rings (SSSR count). The van der Waals surface area contributed by atoms with Gasteiger partial charge in [0.25, 0.3) is 0 Å². The molecule has 1 amide bonds. The first-order valence-corrected chi connectivity index (χ1v) is 8.91. The van der Waals surface area contributed by atoms with E-state index >= 15 is 0 Å². The quantitative estimate of drug-likeness (QED) is 0.783. The van der Waals surface area contributed by atoms with Crippen LogP contribution in [0.2, 0.25) is 0 Å². The van der Waals surface area contributed by atoms with Gasteiger partial charge in [0.1, 0.15) is 0 Å². The molecule has 128 valence electrons. The van der Waals surface area contributed by atoms with Crippen molar-refractivity contribution in [2.75, 3.05) is 40.0 Å². The zero-order chi connectivity index (χ0) is 16.0. The summed E-state index contributed by atoms with van der Waals surface area (Å²) < 4.78 is 10.7. The Morgan fingerprint density at radius 3 is 2.64 bits per heavy atom. The van der Waals surface area contributed by atoms with E-state index in [0.717, 1.165) is 58.6 Å². The van der Waals surface area contributed by atoms with Gasteiger partial charge in [0.2, 0.25) is 5.91 Å². The SMILES string of the molecule is COCC[C@H]1CCCCN(C(=O)C(C)(C)C2CCOCC2)C1. The lowest BCUT2D eigenvalue weighted by atomic mass is 9.73. The summed E-state index contributed by atoms with van der Waals surface area (Å²) in [6.45, 7) is 8.52. The Hall–Kier alpha value is -0.610. The summed E-state index contributed by atoms with van der Waals surface area (Å²) >= 11 is 0. The minimum atomic E-state index is -0.264. The molecule has 0 aromatic carbocycles. The minimum absolute atomic E-state index is 0.264. The van der Waals surface area contributed by atoms with Gasteiger partial charge < -0.3 is 14.4 Å². The first-order valence-electron chi connectivity index (χ1n) is 8.91. The van der Waals surface area contributed by atoms with Gasteiger partial charge in [-0.15, -0.1) is 0 Å². The molecule has 0 unspecified atom stereocenters. The van der Waals surface area contributed by atoms with Crippen molar-refractivity contribution in [2.24, 2.45) is 17.3 Å². The molecule has 0 spiro atoms. The number of rotatable bonds is 5. The molecule has 4 nitrogen and oxygen atoms in total. The van der Waals surface area contributed by atoms with Gasteiger partial charge in [-0.05, 0) is 43.9 Å². The zero-order valence-corrected chi connectivity index (χ0v) is 14.6. The number of likely N-dealkylation sites (tertiary alicyclic amines) is 1. The first-order chi connectivity index (χ1) is 10.6. The lowest BCUT2D eigenvalue weighted by molar-refractivity contribution is -0.146. The van der Waals surface area contributed by atoms with E-state index in [4.69, 9.17) is 9.47 Å². The number of amides is 1. The third-order valence-electron chi connectivity index (χ3n) is 5.58. The van der Waals surface area contributed by atoms with Crippen LogP contribution >= 0.6 is 0 Å². The molecule has 2 fully saturated rings. The highest BCUT2D eigenvalue weighted by atomic mass is 16.5. The van der Waals surface area contributed by atoms with Gasteiger partial charge in [0.05, 0.1) is 0 Å². The number of hydrogen-bond acceptors (Lipinski definition) is 3. The average Bonchev–Trinajstić information content (AvgIpc) is 2.78. The second kappa shape index (κ2) is 8.30. The average molecular weight is 311 g/mol. The molecule has 0 saturated carbocycles. The van der Waals surface area contributed by atoms with Crippen LogP contribution in [0.4, 0.5) is 0 Å². The number of nitrogens with zero attached hydrogens (tertiary/aromatic N) is 1. The maximum Gasteiger partial charge on any atom is 0.228 e. The largest absolute Gasteiger partial charge is 0.385 e. The Morgan fingerprint density at radius 1 is 1.23 bits per heavy atom. The predicted octanol–water partition coefficient (Wildman–Crippen LogP) is 3.10. The highest BCUT2D eigenvalue weighted by Gasteiger charge is 2.40. The Morgan fingerprint density at radius 2 is 1.95 bits per heavy atom. The Bertz CT molecular complexity index is 350. The van der Waals surface area contributed by atoms with Crippen molar-refractivity contribution in [1.29, 1.82) is 0 Å². The summed E-state index contributed by atoms with van der Waals surface area (Å²) in [5, 5.41) is 0. The smallest absolute Gasteiger partial charge is 0.228 e. The third-order valence-corrected chi connectivity index (χ3v) is 5.58. The van der Waals surface area contributed by atoms with E-state index in [1.807, 2.05) is 0 Å². The van der Waals surface area contributed by atoms with Crippen LogP contribution in [-0.2, 0) is 14.3 Å². The van der Waals surface area contributed by atoms with E-state index in [-0.39, 0.29) is 5.41 Å². The molecule has 1 atom stereocenters. The fraction of sp³-hybridized carbons (Fsp3) is 0.944. The zero-order valence-electron chi connectivity index (χ0n) is 14.6. The van der Waals surface area contributed by atoms with E-state index in [1.54, 1.807) is 7.11 Å². The van der Waals surface area contributed by atoms with Crippen LogP contribution in [0.1, 0.15) is 52.4 Å². The molecule has 0 radical (unpaired) electrons. The van der Waals surface area contributed by atoms with Gasteiger partial charge in [-0.1, -0.05) is 20.3 Å². The molecule has 2 aliphatic rings. The molecule has 0 aromatic rings. The number of carbonyl (C=O) groups excluding carboxylic acids is 1. The molecule has 2 saturated heterocycles. The van der Waals surface area contributed by atoms with Crippen LogP contribution in [0.5, 0.6) is 0 Å². The van der Waals surface area contributed by atoms with Crippen LogP contribution < -0.4 is 0 Å². The minimum Gasteiger partial charge on any atom is -0.385 e. The summed E-state index contributed by atoms with van der Waals surface area (Å²) in [6, 6.07) is 0. The van der Waals surface area contributed by atoms with E-state index in [1.165, 1.54) is 12.8 Å². The maximum atomic E-state index is 13.1. The molecular weight excluding hydrogens is 278 g/mol. The molecule has 0 N–H and O–H groups in total. The summed E-state index contributed by atoms with van der Waals surface area (Å²) in [4.78, 5) is 15.3. The van der Waals surface area contributed by atoms with E-state index in [0.29, 0.717) is 17.7 Å². The predicted molar refractivity (Wildman–Crippen MR) is 87.7 cm³/mol. The van der Waals surface area contributed by atoms with Crippen LogP contribution in [-0.4, -0.2) is 50.8 Å². The summed E-state index contributed by atoms with van der Waals surface area (Å²) in [7, 11) is 1.76. The van der Waals surface area contributed by atoms with Gasteiger partial charge >= 0.3 is 0 Å².